The zero-order valence-electron chi connectivity index (χ0n) is 39.1. The quantitative estimate of drug-likeness (QED) is 0.115. The number of amides is 4. The van der Waals surface area contributed by atoms with Crippen LogP contribution in [-0.4, -0.2) is 107 Å². The highest BCUT2D eigenvalue weighted by Crippen LogP contribution is 2.46. The lowest BCUT2D eigenvalue weighted by molar-refractivity contribution is -0.151. The Balaban J connectivity index is 1.24. The number of benzene rings is 1. The summed E-state index contributed by atoms with van der Waals surface area (Å²) in [7, 11) is -2.44. The monoisotopic (exact) mass is 953 g/mol. The predicted octanol–water partition coefficient (Wildman–Crippen LogP) is 5.97. The van der Waals surface area contributed by atoms with Crippen molar-refractivity contribution in [1.82, 2.24) is 35.8 Å². The van der Waals surface area contributed by atoms with Crippen molar-refractivity contribution in [3.63, 3.8) is 0 Å². The molecule has 2 aliphatic heterocycles. The second-order valence-electron chi connectivity index (χ2n) is 19.2. The van der Waals surface area contributed by atoms with Crippen molar-refractivity contribution in [1.29, 1.82) is 0 Å². The van der Waals surface area contributed by atoms with Gasteiger partial charge in [-0.1, -0.05) is 26.0 Å². The van der Waals surface area contributed by atoms with Crippen molar-refractivity contribution in [3.05, 3.63) is 54.7 Å². The van der Waals surface area contributed by atoms with Gasteiger partial charge in [-0.15, -0.1) is 0 Å². The van der Waals surface area contributed by atoms with E-state index in [4.69, 9.17) is 23.9 Å². The number of halogens is 2. The Morgan fingerprint density at radius 2 is 1.73 bits per heavy atom. The molecule has 364 valence electrons. The van der Waals surface area contributed by atoms with Crippen LogP contribution in [-0.2, 0) is 29.1 Å². The number of hydrazine groups is 1. The predicted molar refractivity (Wildman–Crippen MR) is 243 cm³/mol. The van der Waals surface area contributed by atoms with Crippen LogP contribution in [0.5, 0.6) is 17.4 Å². The van der Waals surface area contributed by atoms with Crippen molar-refractivity contribution >= 4 is 44.6 Å². The highest BCUT2D eigenvalue weighted by Gasteiger charge is 2.62. The van der Waals surface area contributed by atoms with Crippen LogP contribution in [0.25, 0.3) is 22.2 Å². The number of nitrogens with one attached hydrogen (secondary N) is 4. The van der Waals surface area contributed by atoms with Gasteiger partial charge in [0.1, 0.15) is 35.2 Å². The minimum absolute atomic E-state index is 0.0337. The molecule has 1 aromatic carbocycles. The number of aromatic nitrogens is 2. The van der Waals surface area contributed by atoms with E-state index in [1.54, 1.807) is 44.5 Å². The minimum Gasteiger partial charge on any atom is -0.497 e. The summed E-state index contributed by atoms with van der Waals surface area (Å²) < 4.78 is 80.0. The molecule has 0 radical (unpaired) electrons. The second-order valence-corrected chi connectivity index (χ2v) is 21.2. The largest absolute Gasteiger partial charge is 0.497 e. The van der Waals surface area contributed by atoms with Crippen molar-refractivity contribution in [3.8, 4) is 28.8 Å². The van der Waals surface area contributed by atoms with Crippen LogP contribution in [0, 0.1) is 17.8 Å². The van der Waals surface area contributed by atoms with Crippen molar-refractivity contribution < 1.29 is 55.3 Å². The van der Waals surface area contributed by atoms with E-state index in [1.165, 1.54) is 4.90 Å². The number of allylic oxidation sites excluding steroid dienone is 1. The summed E-state index contributed by atoms with van der Waals surface area (Å²) in [5.41, 5.74) is 2.17. The Bertz CT molecular complexity index is 2500. The number of fused-ring (bicyclic) bond motifs is 3. The number of carbonyl (C=O) groups is 4. The normalized spacial score (nSPS) is 26.1. The molecular weight excluding hydrogens is 893 g/mol. The molecule has 67 heavy (non-hydrogen) atoms. The Hall–Kier alpha value is -5.63. The van der Waals surface area contributed by atoms with E-state index in [9.17, 15) is 31.6 Å². The number of rotatable bonds is 13. The molecule has 0 spiro atoms. The van der Waals surface area contributed by atoms with Crippen LogP contribution in [0.2, 0.25) is 0 Å². The third-order valence-electron chi connectivity index (χ3n) is 13.0. The Morgan fingerprint density at radius 1 is 1.00 bits per heavy atom. The van der Waals surface area contributed by atoms with Gasteiger partial charge in [0.25, 0.3) is 11.8 Å². The number of carbonyl (C=O) groups excluding carboxylic acids is 4. The molecule has 17 nitrogen and oxygen atoms in total. The number of hydrogen-bond acceptors (Lipinski definition) is 13. The van der Waals surface area contributed by atoms with Gasteiger partial charge in [0.15, 0.2) is 5.60 Å². The molecule has 4 N–H and O–H groups in total. The highest BCUT2D eigenvalue weighted by atomic mass is 32.2. The first-order valence-electron chi connectivity index (χ1n) is 22.8. The third-order valence-corrected chi connectivity index (χ3v) is 14.8. The summed E-state index contributed by atoms with van der Waals surface area (Å²) in [5, 5.41) is 3.46. The number of sulfonamides is 1. The van der Waals surface area contributed by atoms with Crippen molar-refractivity contribution in [2.75, 3.05) is 13.7 Å². The van der Waals surface area contributed by atoms with E-state index in [2.05, 4.69) is 25.9 Å². The van der Waals surface area contributed by atoms with Gasteiger partial charge in [0, 0.05) is 24.6 Å². The van der Waals surface area contributed by atoms with E-state index in [0.717, 1.165) is 13.8 Å². The molecule has 1 saturated heterocycles. The second kappa shape index (κ2) is 19.2. The molecule has 4 amide bonds. The van der Waals surface area contributed by atoms with E-state index in [-0.39, 0.29) is 37.3 Å². The van der Waals surface area contributed by atoms with Crippen LogP contribution in [0.4, 0.5) is 13.6 Å². The van der Waals surface area contributed by atoms with Crippen molar-refractivity contribution in [2.45, 2.75) is 140 Å². The first-order chi connectivity index (χ1) is 31.5. The van der Waals surface area contributed by atoms with Crippen LogP contribution in [0.3, 0.4) is 0 Å². The smallest absolute Gasteiger partial charge is 0.422 e. The summed E-state index contributed by atoms with van der Waals surface area (Å²) in [6, 6.07) is 8.22. The first kappa shape index (κ1) is 49.3. The lowest BCUT2D eigenvalue weighted by Crippen LogP contribution is -2.60. The van der Waals surface area contributed by atoms with E-state index < -0.39 is 86.2 Å². The molecule has 2 aromatic heterocycles. The topological polar surface area (TPSA) is 216 Å². The standard InChI is InChI=1S/C47H61F2N7O10S/c1-26(2)64-32-14-18-36(50-24-32)37-21-29-20-31(63-8)13-17-35(29)41(51-37)65-33-22-38-40(57)52-47(43(59)55-67(61,62)34-15-16-34)23-30(47)12-10-9-11-27(3)19-28(4)39(42(58)56(38)25-33)53-54-44(60)66-45(5,6)46(7,48)49/h10,12-14,17-18,20-21,24,26-28,30,33-34,38-39,53H,9,11,15-16,19,22-23,25H2,1-8H3,(H,52,57)(H,54,60)(H,55,59). The molecular formula is C47H61F2N7O10S. The molecule has 4 heterocycles. The lowest BCUT2D eigenvalue weighted by Gasteiger charge is -2.34. The fourth-order valence-electron chi connectivity index (χ4n) is 8.57. The van der Waals surface area contributed by atoms with Gasteiger partial charge in [-0.3, -0.25) is 29.5 Å². The molecule has 7 rings (SSSR count). The van der Waals surface area contributed by atoms with Gasteiger partial charge in [-0.25, -0.2) is 32.4 Å². The van der Waals surface area contributed by atoms with E-state index in [0.29, 0.717) is 72.7 Å². The summed E-state index contributed by atoms with van der Waals surface area (Å²) in [6.45, 7) is 10.2. The van der Waals surface area contributed by atoms with Crippen LogP contribution >= 0.6 is 0 Å². The van der Waals surface area contributed by atoms with Gasteiger partial charge in [-0.05, 0) is 120 Å². The summed E-state index contributed by atoms with van der Waals surface area (Å²) in [5.74, 6) is -5.31. The van der Waals surface area contributed by atoms with Gasteiger partial charge >= 0.3 is 6.09 Å². The minimum atomic E-state index is -3.99. The SMILES string of the molecule is COc1ccc2c(OC3CC4C(=O)NC5(C(=O)NS(=O)(=O)C6CC6)CC5C=CCCC(C)CC(C)C(NNC(=O)OC(C)(C)C(C)(F)F)C(=O)N4C3)nc(-c3ccc(OC(C)C)cn3)cc2c1. The summed E-state index contributed by atoms with van der Waals surface area (Å²) in [6.07, 6.45) is 5.73. The zero-order valence-corrected chi connectivity index (χ0v) is 39.9. The number of hydrogen-bond donors (Lipinski definition) is 4. The van der Waals surface area contributed by atoms with E-state index >= 15 is 4.79 Å². The van der Waals surface area contributed by atoms with Gasteiger partial charge in [0.2, 0.25) is 27.7 Å². The fourth-order valence-corrected chi connectivity index (χ4v) is 9.93. The molecule has 3 fully saturated rings. The lowest BCUT2D eigenvalue weighted by atomic mass is 9.88. The van der Waals surface area contributed by atoms with E-state index in [1.807, 2.05) is 45.1 Å². The maximum atomic E-state index is 15.1. The number of methoxy groups -OCH3 is 1. The molecule has 3 aromatic rings. The average Bonchev–Trinajstić information content (AvgIpc) is 4.18. The molecule has 4 aliphatic rings. The Labute approximate surface area is 389 Å². The molecule has 20 heteroatoms. The van der Waals surface area contributed by atoms with Crippen molar-refractivity contribution in [2.24, 2.45) is 17.8 Å². The maximum absolute atomic E-state index is 15.1. The van der Waals surface area contributed by atoms with Crippen LogP contribution in [0.1, 0.15) is 93.4 Å². The summed E-state index contributed by atoms with van der Waals surface area (Å²) in [4.78, 5) is 67.6. The van der Waals surface area contributed by atoms with Crippen LogP contribution < -0.4 is 35.1 Å². The fraction of sp³-hybridized carbons (Fsp3) is 0.574. The Morgan fingerprint density at radius 3 is 2.39 bits per heavy atom. The zero-order chi connectivity index (χ0) is 48.6. The molecule has 2 aliphatic carbocycles. The van der Waals surface area contributed by atoms with Gasteiger partial charge in [-0.2, -0.15) is 0 Å². The highest BCUT2D eigenvalue weighted by molar-refractivity contribution is 7.91. The molecule has 2 saturated carbocycles. The maximum Gasteiger partial charge on any atom is 0.422 e. The van der Waals surface area contributed by atoms with Gasteiger partial charge in [0.05, 0.1) is 42.6 Å². The third kappa shape index (κ3) is 11.2. The average molecular weight is 954 g/mol. The Kier molecular flexibility index (Phi) is 14.1. The molecule has 7 unspecified atom stereocenters. The first-order valence-corrected chi connectivity index (χ1v) is 24.3. The number of nitrogens with zero attached hydrogens (tertiary/aromatic N) is 3. The summed E-state index contributed by atoms with van der Waals surface area (Å²) >= 11 is 0. The van der Waals surface area contributed by atoms with Crippen LogP contribution in [0.15, 0.2) is 54.7 Å². The molecule has 0 bridgehead atoms. The molecule has 7 atom stereocenters. The number of ether oxygens (including phenoxy) is 4. The number of pyridine rings is 2. The number of alkyl halides is 2. The van der Waals surface area contributed by atoms with Gasteiger partial charge < -0.3 is 29.2 Å².